The number of aryl methyl sites for hydroxylation is 1. The van der Waals surface area contributed by atoms with Crippen molar-refractivity contribution in [3.63, 3.8) is 0 Å². The SMILES string of the molecule is Cc1cc([SiH3])cc(Cl)c1. The van der Waals surface area contributed by atoms with Crippen LogP contribution in [0.1, 0.15) is 5.56 Å². The highest BCUT2D eigenvalue weighted by Crippen LogP contribution is 2.06. The standard InChI is InChI=1S/C7H9ClSi/c1-5-2-6(8)4-7(9)3-5/h2-4H,1,9H3. The molecule has 0 aliphatic heterocycles. The van der Waals surface area contributed by atoms with E-state index in [4.69, 9.17) is 11.6 Å². The molecular weight excluding hydrogens is 148 g/mol. The number of hydrogen-bond donors (Lipinski definition) is 0. The molecule has 0 aliphatic carbocycles. The fraction of sp³-hybridized carbons (Fsp3) is 0.143. The van der Waals surface area contributed by atoms with Gasteiger partial charge in [-0.3, -0.25) is 0 Å². The monoisotopic (exact) mass is 156 g/mol. The molecule has 1 rings (SSSR count). The Morgan fingerprint density at radius 1 is 1.33 bits per heavy atom. The summed E-state index contributed by atoms with van der Waals surface area (Å²) >= 11 is 5.77. The van der Waals surface area contributed by atoms with Crippen LogP contribution in [0.15, 0.2) is 18.2 Å². The van der Waals surface area contributed by atoms with Crippen LogP contribution in [0.5, 0.6) is 0 Å². The zero-order valence-electron chi connectivity index (χ0n) is 5.61. The van der Waals surface area contributed by atoms with Crippen molar-refractivity contribution in [3.8, 4) is 0 Å². The third-order valence-corrected chi connectivity index (χ3v) is 1.98. The van der Waals surface area contributed by atoms with Crippen molar-refractivity contribution >= 4 is 27.0 Å². The Hall–Kier alpha value is -0.273. The second-order valence-electron chi connectivity index (χ2n) is 2.31. The van der Waals surface area contributed by atoms with Gasteiger partial charge in [-0.15, -0.1) is 0 Å². The van der Waals surface area contributed by atoms with Gasteiger partial charge in [-0.25, -0.2) is 0 Å². The molecule has 48 valence electrons. The van der Waals surface area contributed by atoms with Crippen molar-refractivity contribution < 1.29 is 0 Å². The molecule has 0 unspecified atom stereocenters. The molecule has 0 N–H and O–H groups in total. The van der Waals surface area contributed by atoms with Gasteiger partial charge in [-0.05, 0) is 24.6 Å². The molecule has 0 saturated heterocycles. The molecule has 9 heavy (non-hydrogen) atoms. The Kier molecular flexibility index (Phi) is 1.93. The second kappa shape index (κ2) is 2.54. The highest BCUT2D eigenvalue weighted by molar-refractivity contribution is 6.36. The zero-order chi connectivity index (χ0) is 6.85. The van der Waals surface area contributed by atoms with E-state index in [-0.39, 0.29) is 0 Å². The highest BCUT2D eigenvalue weighted by atomic mass is 35.5. The predicted molar refractivity (Wildman–Crippen MR) is 45.8 cm³/mol. The van der Waals surface area contributed by atoms with Crippen LogP contribution in [0.2, 0.25) is 5.02 Å². The average molecular weight is 157 g/mol. The minimum absolute atomic E-state index is 0.861. The summed E-state index contributed by atoms with van der Waals surface area (Å²) in [6, 6.07) is 6.15. The number of rotatable bonds is 0. The number of hydrogen-bond acceptors (Lipinski definition) is 0. The van der Waals surface area contributed by atoms with Crippen LogP contribution in [-0.4, -0.2) is 10.2 Å². The summed E-state index contributed by atoms with van der Waals surface area (Å²) in [6.45, 7) is 2.06. The Bertz CT molecular complexity index is 170. The third kappa shape index (κ3) is 1.84. The maximum absolute atomic E-state index is 5.77. The first-order valence-corrected chi connectivity index (χ1v) is 4.30. The van der Waals surface area contributed by atoms with E-state index in [1.807, 2.05) is 12.1 Å². The molecule has 0 bridgehead atoms. The van der Waals surface area contributed by atoms with Crippen molar-refractivity contribution in [2.24, 2.45) is 0 Å². The van der Waals surface area contributed by atoms with Crippen molar-refractivity contribution in [2.75, 3.05) is 0 Å². The maximum atomic E-state index is 5.77. The van der Waals surface area contributed by atoms with Crippen molar-refractivity contribution in [2.45, 2.75) is 6.92 Å². The molecule has 0 nitrogen and oxygen atoms in total. The summed E-state index contributed by atoms with van der Waals surface area (Å²) in [5, 5.41) is 2.22. The molecule has 0 amide bonds. The van der Waals surface area contributed by atoms with Crippen LogP contribution in [0.4, 0.5) is 0 Å². The van der Waals surface area contributed by atoms with E-state index >= 15 is 0 Å². The minimum atomic E-state index is 0.861. The van der Waals surface area contributed by atoms with Gasteiger partial charge in [0, 0.05) is 15.3 Å². The van der Waals surface area contributed by atoms with Gasteiger partial charge >= 0.3 is 0 Å². The van der Waals surface area contributed by atoms with Crippen LogP contribution in [0.3, 0.4) is 0 Å². The van der Waals surface area contributed by atoms with Gasteiger partial charge in [0.1, 0.15) is 0 Å². The first-order valence-electron chi connectivity index (χ1n) is 2.92. The largest absolute Gasteiger partial charge is 0.0843 e. The summed E-state index contributed by atoms with van der Waals surface area (Å²) in [5.41, 5.74) is 1.26. The smallest absolute Gasteiger partial charge is 0.0407 e. The fourth-order valence-electron chi connectivity index (χ4n) is 0.919. The molecule has 0 heterocycles. The summed E-state index contributed by atoms with van der Waals surface area (Å²) in [6.07, 6.45) is 0. The van der Waals surface area contributed by atoms with Gasteiger partial charge in [0.25, 0.3) is 0 Å². The maximum Gasteiger partial charge on any atom is 0.0407 e. The summed E-state index contributed by atoms with van der Waals surface area (Å²) in [7, 11) is 1.09. The number of benzene rings is 1. The predicted octanol–water partition coefficient (Wildman–Crippen LogP) is 0.639. The van der Waals surface area contributed by atoms with Crippen molar-refractivity contribution in [1.82, 2.24) is 0 Å². The third-order valence-electron chi connectivity index (χ3n) is 1.19. The Balaban J connectivity index is 3.17. The van der Waals surface area contributed by atoms with Gasteiger partial charge in [0.15, 0.2) is 0 Å². The quantitative estimate of drug-likeness (QED) is 0.484. The first kappa shape index (κ1) is 6.84. The average Bonchev–Trinajstić information content (AvgIpc) is 1.59. The van der Waals surface area contributed by atoms with E-state index in [1.165, 1.54) is 10.8 Å². The van der Waals surface area contributed by atoms with E-state index < -0.39 is 0 Å². The topological polar surface area (TPSA) is 0 Å². The number of halogens is 1. The lowest BCUT2D eigenvalue weighted by atomic mass is 10.2. The van der Waals surface area contributed by atoms with Gasteiger partial charge in [0.2, 0.25) is 0 Å². The fourth-order valence-corrected chi connectivity index (χ4v) is 2.21. The Morgan fingerprint density at radius 3 is 2.44 bits per heavy atom. The van der Waals surface area contributed by atoms with Gasteiger partial charge < -0.3 is 0 Å². The van der Waals surface area contributed by atoms with Crippen LogP contribution in [-0.2, 0) is 0 Å². The molecular formula is C7H9ClSi. The van der Waals surface area contributed by atoms with E-state index in [1.54, 1.807) is 0 Å². The molecule has 0 fully saturated rings. The Labute approximate surface area is 63.3 Å². The van der Waals surface area contributed by atoms with E-state index in [0.717, 1.165) is 15.3 Å². The van der Waals surface area contributed by atoms with E-state index in [2.05, 4.69) is 13.0 Å². The molecule has 2 heteroatoms. The zero-order valence-corrected chi connectivity index (χ0v) is 8.37. The molecule has 0 aliphatic rings. The Morgan fingerprint density at radius 2 is 2.00 bits per heavy atom. The lowest BCUT2D eigenvalue weighted by molar-refractivity contribution is 1.49. The molecule has 0 atom stereocenters. The van der Waals surface area contributed by atoms with Gasteiger partial charge in [-0.1, -0.05) is 22.9 Å². The molecule has 1 aromatic carbocycles. The second-order valence-corrected chi connectivity index (χ2v) is 3.90. The summed E-state index contributed by atoms with van der Waals surface area (Å²) in [4.78, 5) is 0. The van der Waals surface area contributed by atoms with Crippen LogP contribution < -0.4 is 5.19 Å². The summed E-state index contributed by atoms with van der Waals surface area (Å²) in [5.74, 6) is 0. The highest BCUT2D eigenvalue weighted by Gasteiger charge is 1.89. The molecule has 0 aromatic heterocycles. The lowest BCUT2D eigenvalue weighted by Gasteiger charge is -1.95. The normalized spacial score (nSPS) is 10.0. The molecule has 0 spiro atoms. The minimum Gasteiger partial charge on any atom is -0.0843 e. The van der Waals surface area contributed by atoms with E-state index in [0.29, 0.717) is 0 Å². The summed E-state index contributed by atoms with van der Waals surface area (Å²) < 4.78 is 0. The van der Waals surface area contributed by atoms with Gasteiger partial charge in [0.05, 0.1) is 0 Å². The van der Waals surface area contributed by atoms with Crippen LogP contribution in [0.25, 0.3) is 0 Å². The van der Waals surface area contributed by atoms with E-state index in [9.17, 15) is 0 Å². The molecule has 0 radical (unpaired) electrons. The van der Waals surface area contributed by atoms with Crippen molar-refractivity contribution in [1.29, 1.82) is 0 Å². The lowest BCUT2D eigenvalue weighted by Crippen LogP contribution is -2.00. The molecule has 0 saturated carbocycles. The van der Waals surface area contributed by atoms with Gasteiger partial charge in [-0.2, -0.15) is 0 Å². The van der Waals surface area contributed by atoms with Crippen LogP contribution >= 0.6 is 11.6 Å². The molecule has 1 aromatic rings. The van der Waals surface area contributed by atoms with Crippen molar-refractivity contribution in [3.05, 3.63) is 28.8 Å². The van der Waals surface area contributed by atoms with Crippen LogP contribution in [0, 0.1) is 6.92 Å². The first-order chi connectivity index (χ1) is 4.18.